The van der Waals surface area contributed by atoms with Crippen LogP contribution in [0.1, 0.15) is 51.2 Å². The fraction of sp³-hybridized carbons (Fsp3) is 0.385. The van der Waals surface area contributed by atoms with Crippen molar-refractivity contribution in [1.82, 2.24) is 5.32 Å². The van der Waals surface area contributed by atoms with E-state index in [9.17, 15) is 18.4 Å². The minimum Gasteiger partial charge on any atom is -0.339 e. The van der Waals surface area contributed by atoms with Gasteiger partial charge in [0.15, 0.2) is 0 Å². The van der Waals surface area contributed by atoms with Gasteiger partial charge in [-0.25, -0.2) is 8.78 Å². The van der Waals surface area contributed by atoms with Crippen LogP contribution in [-0.4, -0.2) is 29.3 Å². The summed E-state index contributed by atoms with van der Waals surface area (Å²) >= 11 is 0. The molecule has 1 aliphatic heterocycles. The zero-order chi connectivity index (χ0) is 24.7. The molecular weight excluding hydrogens is 438 g/mol. The molecule has 0 aliphatic carbocycles. The van der Waals surface area contributed by atoms with E-state index in [1.165, 1.54) is 6.07 Å². The van der Waals surface area contributed by atoms with E-state index in [0.29, 0.717) is 18.4 Å². The van der Waals surface area contributed by atoms with E-state index >= 15 is 0 Å². The zero-order valence-corrected chi connectivity index (χ0v) is 19.7. The van der Waals surface area contributed by atoms with Gasteiger partial charge in [0.05, 0.1) is 5.69 Å². The number of hydrogen-bond acceptors (Lipinski definition) is 4. The van der Waals surface area contributed by atoms with Crippen LogP contribution in [0.3, 0.4) is 0 Å². The molecule has 180 valence electrons. The van der Waals surface area contributed by atoms with E-state index in [2.05, 4.69) is 20.8 Å². The summed E-state index contributed by atoms with van der Waals surface area (Å²) in [6.07, 6.45) is 2.30. The first-order valence-corrected chi connectivity index (χ1v) is 11.5. The maximum absolute atomic E-state index is 14.1. The van der Waals surface area contributed by atoms with Gasteiger partial charge in [-0.2, -0.15) is 5.10 Å². The van der Waals surface area contributed by atoms with Crippen molar-refractivity contribution in [3.63, 3.8) is 0 Å². The van der Waals surface area contributed by atoms with Crippen LogP contribution in [0.4, 0.5) is 14.5 Å². The van der Waals surface area contributed by atoms with Gasteiger partial charge in [0.2, 0.25) is 5.91 Å². The number of nitrogens with one attached hydrogen (secondary N) is 2. The number of amides is 2. The summed E-state index contributed by atoms with van der Waals surface area (Å²) in [7, 11) is 0. The van der Waals surface area contributed by atoms with Crippen molar-refractivity contribution in [3.8, 4) is 0 Å². The Kier molecular flexibility index (Phi) is 8.62. The molecule has 6 nitrogen and oxygen atoms in total. The Hall–Kier alpha value is -3.42. The Labute approximate surface area is 198 Å². The summed E-state index contributed by atoms with van der Waals surface area (Å²) in [6.45, 7) is 5.88. The first-order valence-electron chi connectivity index (χ1n) is 11.5. The molecule has 2 aromatic rings. The SMILES string of the molecule is CC[C@H](C)C/C(=N\N=C(/C)Cc1ccccc1)C(=O)N[C@H]1CCc2cc(F)cc(F)c2NC1=O. The summed E-state index contributed by atoms with van der Waals surface area (Å²) < 4.78 is 27.7. The van der Waals surface area contributed by atoms with E-state index in [0.717, 1.165) is 23.8 Å². The molecule has 0 saturated heterocycles. The Morgan fingerprint density at radius 3 is 2.65 bits per heavy atom. The standard InChI is InChI=1S/C26H30F2N4O2/c1-4-16(2)12-23(32-31-17(3)13-18-8-6-5-7-9-18)26(34)29-22-11-10-19-14-20(27)15-21(28)24(19)30-25(22)33/h5-9,14-16,22H,4,10-13H2,1-3H3,(H,29,34)(H,30,33)/b31-17+,32-23+/t16-,22-/m0/s1. The van der Waals surface area contributed by atoms with Crippen LogP contribution in [0, 0.1) is 17.6 Å². The fourth-order valence-corrected chi connectivity index (χ4v) is 3.71. The molecule has 0 radical (unpaired) electrons. The minimum atomic E-state index is -0.904. The van der Waals surface area contributed by atoms with Gasteiger partial charge in [-0.3, -0.25) is 9.59 Å². The lowest BCUT2D eigenvalue weighted by Gasteiger charge is -2.17. The third-order valence-electron chi connectivity index (χ3n) is 5.85. The molecule has 34 heavy (non-hydrogen) atoms. The lowest BCUT2D eigenvalue weighted by molar-refractivity contribution is -0.123. The predicted molar refractivity (Wildman–Crippen MR) is 130 cm³/mol. The lowest BCUT2D eigenvalue weighted by atomic mass is 10.0. The van der Waals surface area contributed by atoms with Crippen molar-refractivity contribution in [2.24, 2.45) is 16.1 Å². The van der Waals surface area contributed by atoms with Gasteiger partial charge in [-0.1, -0.05) is 50.6 Å². The third-order valence-corrected chi connectivity index (χ3v) is 5.85. The second kappa shape index (κ2) is 11.6. The summed E-state index contributed by atoms with van der Waals surface area (Å²) in [5, 5.41) is 13.7. The van der Waals surface area contributed by atoms with Gasteiger partial charge in [0.25, 0.3) is 5.91 Å². The monoisotopic (exact) mass is 468 g/mol. The van der Waals surface area contributed by atoms with Crippen molar-refractivity contribution in [2.45, 2.75) is 58.9 Å². The average Bonchev–Trinajstić information content (AvgIpc) is 2.96. The molecule has 2 N–H and O–H groups in total. The molecule has 2 amide bonds. The second-order valence-electron chi connectivity index (χ2n) is 8.74. The van der Waals surface area contributed by atoms with E-state index in [-0.39, 0.29) is 30.2 Å². The topological polar surface area (TPSA) is 82.9 Å². The quantitative estimate of drug-likeness (QED) is 0.430. The van der Waals surface area contributed by atoms with Gasteiger partial charge in [0.1, 0.15) is 23.4 Å². The number of anilines is 1. The first-order chi connectivity index (χ1) is 16.3. The van der Waals surface area contributed by atoms with Crippen LogP contribution in [-0.2, 0) is 22.4 Å². The number of benzene rings is 2. The normalized spacial score (nSPS) is 17.4. The van der Waals surface area contributed by atoms with Crippen molar-refractivity contribution >= 4 is 28.9 Å². The highest BCUT2D eigenvalue weighted by Gasteiger charge is 2.28. The molecule has 0 spiro atoms. The Morgan fingerprint density at radius 2 is 1.94 bits per heavy atom. The molecule has 2 aromatic carbocycles. The third kappa shape index (κ3) is 6.79. The molecule has 3 rings (SSSR count). The molecule has 2 atom stereocenters. The average molecular weight is 469 g/mol. The van der Waals surface area contributed by atoms with E-state index in [1.807, 2.05) is 51.1 Å². The largest absolute Gasteiger partial charge is 0.339 e. The van der Waals surface area contributed by atoms with Crippen LogP contribution in [0.15, 0.2) is 52.7 Å². The van der Waals surface area contributed by atoms with Gasteiger partial charge in [0, 0.05) is 18.2 Å². The highest BCUT2D eigenvalue weighted by Crippen LogP contribution is 2.26. The van der Waals surface area contributed by atoms with Crippen LogP contribution < -0.4 is 10.6 Å². The maximum atomic E-state index is 14.1. The minimum absolute atomic E-state index is 0.0437. The number of fused-ring (bicyclic) bond motifs is 1. The molecular formula is C26H30F2N4O2. The number of hydrogen-bond donors (Lipinski definition) is 2. The smallest absolute Gasteiger partial charge is 0.268 e. The van der Waals surface area contributed by atoms with Gasteiger partial charge in [-0.15, -0.1) is 5.10 Å². The van der Waals surface area contributed by atoms with Crippen LogP contribution >= 0.6 is 0 Å². The highest BCUT2D eigenvalue weighted by molar-refractivity contribution is 6.39. The Bertz CT molecular complexity index is 1100. The van der Waals surface area contributed by atoms with Crippen molar-refractivity contribution in [3.05, 3.63) is 65.2 Å². The zero-order valence-electron chi connectivity index (χ0n) is 19.7. The van der Waals surface area contributed by atoms with Gasteiger partial charge < -0.3 is 10.6 Å². The maximum Gasteiger partial charge on any atom is 0.268 e. The molecule has 8 heteroatoms. The van der Waals surface area contributed by atoms with Gasteiger partial charge in [-0.05, 0) is 49.3 Å². The number of aryl methyl sites for hydroxylation is 1. The summed E-state index contributed by atoms with van der Waals surface area (Å²) in [6, 6.07) is 10.8. The molecule has 0 fully saturated rings. The van der Waals surface area contributed by atoms with E-state index in [4.69, 9.17) is 0 Å². The number of carbonyl (C=O) groups is 2. The van der Waals surface area contributed by atoms with Crippen molar-refractivity contribution in [2.75, 3.05) is 5.32 Å². The van der Waals surface area contributed by atoms with Crippen molar-refractivity contribution < 1.29 is 18.4 Å². The molecule has 0 unspecified atom stereocenters. The Balaban J connectivity index is 1.75. The van der Waals surface area contributed by atoms with Gasteiger partial charge >= 0.3 is 0 Å². The molecule has 0 bridgehead atoms. The highest BCUT2D eigenvalue weighted by atomic mass is 19.1. The van der Waals surface area contributed by atoms with Crippen molar-refractivity contribution in [1.29, 1.82) is 0 Å². The second-order valence-corrected chi connectivity index (χ2v) is 8.74. The molecule has 1 heterocycles. The fourth-order valence-electron chi connectivity index (χ4n) is 3.71. The Morgan fingerprint density at radius 1 is 1.21 bits per heavy atom. The summed E-state index contributed by atoms with van der Waals surface area (Å²) in [4.78, 5) is 25.7. The number of nitrogens with zero attached hydrogens (tertiary/aromatic N) is 2. The summed E-state index contributed by atoms with van der Waals surface area (Å²) in [5.74, 6) is -2.39. The lowest BCUT2D eigenvalue weighted by Crippen LogP contribution is -2.46. The predicted octanol–water partition coefficient (Wildman–Crippen LogP) is 4.83. The van der Waals surface area contributed by atoms with E-state index in [1.54, 1.807) is 0 Å². The number of carbonyl (C=O) groups excluding carboxylic acids is 2. The first kappa shape index (κ1) is 25.2. The molecule has 1 aliphatic rings. The van der Waals surface area contributed by atoms with Crippen LogP contribution in [0.5, 0.6) is 0 Å². The van der Waals surface area contributed by atoms with E-state index < -0.39 is 29.5 Å². The van der Waals surface area contributed by atoms with Crippen LogP contribution in [0.2, 0.25) is 0 Å². The number of halogens is 2. The number of rotatable bonds is 8. The van der Waals surface area contributed by atoms with Crippen LogP contribution in [0.25, 0.3) is 0 Å². The molecule has 0 saturated carbocycles. The summed E-state index contributed by atoms with van der Waals surface area (Å²) in [5.41, 5.74) is 2.38. The molecule has 0 aromatic heterocycles.